The highest BCUT2D eigenvalue weighted by Crippen LogP contribution is 2.27. The van der Waals surface area contributed by atoms with Crippen LogP contribution in [0.4, 0.5) is 5.13 Å². The lowest BCUT2D eigenvalue weighted by Crippen LogP contribution is -2.12. The second-order valence-corrected chi connectivity index (χ2v) is 7.10. The Kier molecular flexibility index (Phi) is 5.71. The number of nitrogens with zero attached hydrogens (tertiary/aromatic N) is 1. The van der Waals surface area contributed by atoms with Crippen LogP contribution >= 0.6 is 11.3 Å². The fourth-order valence-electron chi connectivity index (χ4n) is 2.47. The number of nitrogens with one attached hydrogen (secondary N) is 1. The van der Waals surface area contributed by atoms with E-state index in [0.29, 0.717) is 34.1 Å². The van der Waals surface area contributed by atoms with E-state index in [2.05, 4.69) is 10.3 Å². The topological polar surface area (TPSA) is 77.5 Å². The normalized spacial score (nSPS) is 10.8. The van der Waals surface area contributed by atoms with Gasteiger partial charge in [-0.05, 0) is 57.2 Å². The molecule has 0 saturated heterocycles. The molecule has 0 unspecified atom stereocenters. The number of fused-ring (bicyclic) bond motifs is 1. The zero-order valence-corrected chi connectivity index (χ0v) is 16.1. The third-order valence-corrected chi connectivity index (χ3v) is 4.52. The van der Waals surface area contributed by atoms with E-state index in [4.69, 9.17) is 9.47 Å². The molecule has 0 radical (unpaired) electrons. The minimum atomic E-state index is -0.375. The molecule has 1 aromatic heterocycles. The Labute approximate surface area is 161 Å². The molecule has 0 fully saturated rings. The summed E-state index contributed by atoms with van der Waals surface area (Å²) in [5, 5.41) is 3.26. The fraction of sp³-hybridized carbons (Fsp3) is 0.250. The SMILES string of the molecule is CCOC(=O)c1ccc2nc(NC(=O)c3cccc(OC(C)C)c3)sc2c1. The lowest BCUT2D eigenvalue weighted by Gasteiger charge is -2.10. The second kappa shape index (κ2) is 8.18. The van der Waals surface area contributed by atoms with Gasteiger partial charge in [-0.3, -0.25) is 10.1 Å². The molecule has 0 bridgehead atoms. The monoisotopic (exact) mass is 384 g/mol. The summed E-state index contributed by atoms with van der Waals surface area (Å²) in [6.07, 6.45) is 0.0289. The van der Waals surface area contributed by atoms with Gasteiger partial charge in [0.25, 0.3) is 5.91 Å². The van der Waals surface area contributed by atoms with Crippen molar-refractivity contribution in [2.75, 3.05) is 11.9 Å². The van der Waals surface area contributed by atoms with Crippen LogP contribution < -0.4 is 10.1 Å². The summed E-state index contributed by atoms with van der Waals surface area (Å²) in [4.78, 5) is 28.8. The van der Waals surface area contributed by atoms with Crippen LogP contribution in [-0.4, -0.2) is 29.6 Å². The highest BCUT2D eigenvalue weighted by Gasteiger charge is 2.13. The maximum Gasteiger partial charge on any atom is 0.338 e. The van der Waals surface area contributed by atoms with Crippen molar-refractivity contribution in [2.24, 2.45) is 0 Å². The van der Waals surface area contributed by atoms with Gasteiger partial charge in [0.05, 0.1) is 28.5 Å². The smallest absolute Gasteiger partial charge is 0.338 e. The Hall–Kier alpha value is -2.93. The number of esters is 1. The molecular formula is C20H20N2O4S. The number of thiazole rings is 1. The van der Waals surface area contributed by atoms with E-state index in [1.807, 2.05) is 19.9 Å². The Morgan fingerprint density at radius 3 is 2.70 bits per heavy atom. The van der Waals surface area contributed by atoms with Crippen LogP contribution in [0, 0.1) is 0 Å². The van der Waals surface area contributed by atoms with Crippen LogP contribution in [0.25, 0.3) is 10.2 Å². The summed E-state index contributed by atoms with van der Waals surface area (Å²) >= 11 is 1.30. The van der Waals surface area contributed by atoms with Crippen molar-refractivity contribution >= 4 is 38.6 Å². The number of amides is 1. The van der Waals surface area contributed by atoms with Crippen molar-refractivity contribution in [1.82, 2.24) is 4.98 Å². The molecule has 0 spiro atoms. The van der Waals surface area contributed by atoms with Crippen LogP contribution in [0.15, 0.2) is 42.5 Å². The lowest BCUT2D eigenvalue weighted by atomic mass is 10.2. The third kappa shape index (κ3) is 4.62. The predicted molar refractivity (Wildman–Crippen MR) is 106 cm³/mol. The zero-order chi connectivity index (χ0) is 19.4. The molecule has 6 nitrogen and oxygen atoms in total. The van der Waals surface area contributed by atoms with Gasteiger partial charge in [0.15, 0.2) is 5.13 Å². The molecule has 1 amide bonds. The van der Waals surface area contributed by atoms with Crippen molar-refractivity contribution in [3.05, 3.63) is 53.6 Å². The van der Waals surface area contributed by atoms with Crippen molar-refractivity contribution in [1.29, 1.82) is 0 Å². The summed E-state index contributed by atoms with van der Waals surface area (Å²) in [5.41, 5.74) is 1.66. The Morgan fingerprint density at radius 1 is 1.15 bits per heavy atom. The number of carbonyl (C=O) groups is 2. The first kappa shape index (κ1) is 18.8. The number of anilines is 1. The van der Waals surface area contributed by atoms with E-state index in [1.54, 1.807) is 43.3 Å². The maximum absolute atomic E-state index is 12.5. The van der Waals surface area contributed by atoms with Gasteiger partial charge in [-0.25, -0.2) is 9.78 Å². The van der Waals surface area contributed by atoms with Gasteiger partial charge in [0.1, 0.15) is 5.75 Å². The number of rotatable bonds is 6. The minimum Gasteiger partial charge on any atom is -0.491 e. The van der Waals surface area contributed by atoms with Crippen LogP contribution in [-0.2, 0) is 4.74 Å². The molecule has 0 aliphatic carbocycles. The Morgan fingerprint density at radius 2 is 1.96 bits per heavy atom. The summed E-state index contributed by atoms with van der Waals surface area (Å²) in [7, 11) is 0. The number of aromatic nitrogens is 1. The molecule has 3 rings (SSSR count). The molecule has 27 heavy (non-hydrogen) atoms. The number of hydrogen-bond acceptors (Lipinski definition) is 6. The maximum atomic E-state index is 12.5. The molecule has 1 N–H and O–H groups in total. The van der Waals surface area contributed by atoms with E-state index < -0.39 is 0 Å². The van der Waals surface area contributed by atoms with Gasteiger partial charge in [-0.15, -0.1) is 0 Å². The van der Waals surface area contributed by atoms with Crippen LogP contribution in [0.1, 0.15) is 41.5 Å². The third-order valence-electron chi connectivity index (χ3n) is 3.59. The van der Waals surface area contributed by atoms with Crippen molar-refractivity contribution in [3.8, 4) is 5.75 Å². The number of carbonyl (C=O) groups excluding carboxylic acids is 2. The van der Waals surface area contributed by atoms with Crippen LogP contribution in [0.2, 0.25) is 0 Å². The second-order valence-electron chi connectivity index (χ2n) is 6.07. The molecule has 0 aliphatic heterocycles. The largest absolute Gasteiger partial charge is 0.491 e. The quantitative estimate of drug-likeness (QED) is 0.633. The Bertz CT molecular complexity index is 981. The fourth-order valence-corrected chi connectivity index (χ4v) is 3.37. The summed E-state index contributed by atoms with van der Waals surface area (Å²) in [5.74, 6) is -0.00439. The van der Waals surface area contributed by atoms with Crippen molar-refractivity contribution < 1.29 is 19.1 Å². The highest BCUT2D eigenvalue weighted by atomic mass is 32.1. The first-order valence-corrected chi connectivity index (χ1v) is 9.43. The molecule has 1 heterocycles. The van der Waals surface area contributed by atoms with E-state index >= 15 is 0 Å². The molecule has 0 aliphatic rings. The van der Waals surface area contributed by atoms with E-state index in [9.17, 15) is 9.59 Å². The molecule has 0 atom stereocenters. The van der Waals surface area contributed by atoms with Gasteiger partial charge in [-0.1, -0.05) is 17.4 Å². The zero-order valence-electron chi connectivity index (χ0n) is 15.3. The van der Waals surface area contributed by atoms with Gasteiger partial charge in [0.2, 0.25) is 0 Å². The summed E-state index contributed by atoms with van der Waals surface area (Å²) in [6, 6.07) is 12.1. The average molecular weight is 384 g/mol. The molecule has 140 valence electrons. The average Bonchev–Trinajstić information content (AvgIpc) is 3.02. The minimum absolute atomic E-state index is 0.0289. The van der Waals surface area contributed by atoms with Gasteiger partial charge < -0.3 is 9.47 Å². The molecular weight excluding hydrogens is 364 g/mol. The van der Waals surface area contributed by atoms with Crippen molar-refractivity contribution in [2.45, 2.75) is 26.9 Å². The van der Waals surface area contributed by atoms with E-state index in [-0.39, 0.29) is 18.0 Å². The first-order chi connectivity index (χ1) is 13.0. The van der Waals surface area contributed by atoms with Crippen LogP contribution in [0.5, 0.6) is 5.75 Å². The number of hydrogen-bond donors (Lipinski definition) is 1. The van der Waals surface area contributed by atoms with Gasteiger partial charge in [0, 0.05) is 5.56 Å². The first-order valence-electron chi connectivity index (χ1n) is 8.62. The van der Waals surface area contributed by atoms with Crippen LogP contribution in [0.3, 0.4) is 0 Å². The standard InChI is InChI=1S/C20H20N2O4S/c1-4-25-19(24)14-8-9-16-17(11-14)27-20(21-16)22-18(23)13-6-5-7-15(10-13)26-12(2)3/h5-12H,4H2,1-3H3,(H,21,22,23). The molecule has 3 aromatic rings. The van der Waals surface area contributed by atoms with Gasteiger partial charge in [-0.2, -0.15) is 0 Å². The Balaban J connectivity index is 1.78. The highest BCUT2D eigenvalue weighted by molar-refractivity contribution is 7.22. The van der Waals surface area contributed by atoms with E-state index in [1.165, 1.54) is 11.3 Å². The van der Waals surface area contributed by atoms with Crippen molar-refractivity contribution in [3.63, 3.8) is 0 Å². The summed E-state index contributed by atoms with van der Waals surface area (Å²) < 4.78 is 11.4. The molecule has 7 heteroatoms. The van der Waals surface area contributed by atoms with Gasteiger partial charge >= 0.3 is 5.97 Å². The molecule has 2 aromatic carbocycles. The molecule has 0 saturated carbocycles. The summed E-state index contributed by atoms with van der Waals surface area (Å²) in [6.45, 7) is 5.94. The lowest BCUT2D eigenvalue weighted by molar-refractivity contribution is 0.0526. The van der Waals surface area contributed by atoms with E-state index in [0.717, 1.165) is 4.70 Å². The number of ether oxygens (including phenoxy) is 2. The number of benzene rings is 2. The predicted octanol–water partition coefficient (Wildman–Crippen LogP) is 4.51.